The van der Waals surface area contributed by atoms with Gasteiger partial charge in [-0.05, 0) is 12.1 Å². The van der Waals surface area contributed by atoms with Crippen LogP contribution in [0.3, 0.4) is 0 Å². The first kappa shape index (κ1) is 17.3. The minimum Gasteiger partial charge on any atom is -0.448 e. The number of hydrogen-bond donors (Lipinski definition) is 1. The van der Waals surface area contributed by atoms with Gasteiger partial charge in [-0.3, -0.25) is 4.79 Å². The van der Waals surface area contributed by atoms with E-state index in [9.17, 15) is 18.7 Å². The number of alkyl halides is 1. The molecular weight excluding hydrogens is 360 g/mol. The molecule has 0 unspecified atom stereocenters. The van der Waals surface area contributed by atoms with Crippen molar-refractivity contribution in [3.8, 4) is 11.3 Å². The van der Waals surface area contributed by atoms with Gasteiger partial charge in [-0.1, -0.05) is 17.3 Å². The molecule has 4 rings (SSSR count). The van der Waals surface area contributed by atoms with E-state index in [2.05, 4.69) is 10.1 Å². The van der Waals surface area contributed by atoms with Gasteiger partial charge in [0.15, 0.2) is 5.69 Å². The first-order chi connectivity index (χ1) is 13.0. The number of carbonyl (C=O) groups excluding carboxylic acids is 1. The number of aromatic nitrogens is 2. The van der Waals surface area contributed by atoms with Crippen LogP contribution in [0.2, 0.25) is 0 Å². The molecular formula is C18H15F2N3O4. The number of β-amino-alcohol motifs (C(OH)–C–C–N with tert-alkyl or cyclic N) is 1. The fourth-order valence-electron chi connectivity index (χ4n) is 2.89. The van der Waals surface area contributed by atoms with Crippen molar-refractivity contribution in [1.29, 1.82) is 0 Å². The molecule has 2 aromatic heterocycles. The molecule has 1 fully saturated rings. The Kier molecular flexibility index (Phi) is 4.44. The third-order valence-electron chi connectivity index (χ3n) is 4.28. The zero-order valence-electron chi connectivity index (χ0n) is 14.0. The van der Waals surface area contributed by atoms with Gasteiger partial charge in [-0.15, -0.1) is 0 Å². The molecule has 9 heteroatoms. The fraction of sp³-hybridized carbons (Fsp3) is 0.278. The molecule has 0 aliphatic carbocycles. The largest absolute Gasteiger partial charge is 0.448 e. The number of halogens is 2. The first-order valence-corrected chi connectivity index (χ1v) is 8.27. The average molecular weight is 375 g/mol. The third-order valence-corrected chi connectivity index (χ3v) is 4.28. The second-order valence-corrected chi connectivity index (χ2v) is 6.29. The number of oxazole rings is 1. The highest BCUT2D eigenvalue weighted by molar-refractivity contribution is 5.92. The van der Waals surface area contributed by atoms with Gasteiger partial charge in [0.2, 0.25) is 5.89 Å². The second kappa shape index (κ2) is 6.92. The molecule has 1 aliphatic rings. The summed E-state index contributed by atoms with van der Waals surface area (Å²) in [6.45, 7) is -0.261. The molecule has 3 heterocycles. The standard InChI is InChI=1S/C18H15F2N3O4/c19-11-3-1-2-10(4-11)14-5-12(27-22-14)6-17-21-15(9-26-17)18(25)23-7-13(20)16(24)8-23/h1-5,9,13,16,24H,6-8H2/t13-,16-/m1/s1. The van der Waals surface area contributed by atoms with Crippen LogP contribution >= 0.6 is 0 Å². The number of nitrogens with zero attached hydrogens (tertiary/aromatic N) is 3. The highest BCUT2D eigenvalue weighted by Gasteiger charge is 2.35. The Balaban J connectivity index is 1.45. The quantitative estimate of drug-likeness (QED) is 0.752. The van der Waals surface area contributed by atoms with Gasteiger partial charge in [0, 0.05) is 11.6 Å². The highest BCUT2D eigenvalue weighted by atomic mass is 19.1. The summed E-state index contributed by atoms with van der Waals surface area (Å²) in [5.74, 6) is -0.245. The molecule has 1 saturated heterocycles. The number of aliphatic hydroxyl groups is 1. The predicted molar refractivity (Wildman–Crippen MR) is 88.0 cm³/mol. The van der Waals surface area contributed by atoms with E-state index in [0.29, 0.717) is 17.0 Å². The summed E-state index contributed by atoms with van der Waals surface area (Å²) < 4.78 is 37.2. The van der Waals surface area contributed by atoms with E-state index in [-0.39, 0.29) is 36.9 Å². The molecule has 3 aromatic rings. The topological polar surface area (TPSA) is 92.6 Å². The third kappa shape index (κ3) is 3.59. The number of likely N-dealkylation sites (tertiary alicyclic amines) is 1. The van der Waals surface area contributed by atoms with E-state index in [1.165, 1.54) is 23.3 Å². The van der Waals surface area contributed by atoms with Gasteiger partial charge in [-0.25, -0.2) is 13.8 Å². The lowest BCUT2D eigenvalue weighted by Crippen LogP contribution is -2.29. The Morgan fingerprint density at radius 3 is 2.93 bits per heavy atom. The van der Waals surface area contributed by atoms with Crippen LogP contribution in [0.25, 0.3) is 11.3 Å². The SMILES string of the molecule is O=C(c1coc(Cc2cc(-c3cccc(F)c3)no2)n1)N1C[C@@H](O)[C@H](F)C1. The number of amides is 1. The smallest absolute Gasteiger partial charge is 0.276 e. The minimum atomic E-state index is -1.46. The maximum absolute atomic E-state index is 13.4. The van der Waals surface area contributed by atoms with Crippen molar-refractivity contribution in [2.24, 2.45) is 0 Å². The molecule has 0 spiro atoms. The van der Waals surface area contributed by atoms with E-state index in [4.69, 9.17) is 8.94 Å². The van der Waals surface area contributed by atoms with Crippen molar-refractivity contribution in [2.75, 3.05) is 13.1 Å². The van der Waals surface area contributed by atoms with Gasteiger partial charge in [0.25, 0.3) is 5.91 Å². The van der Waals surface area contributed by atoms with E-state index in [0.717, 1.165) is 0 Å². The van der Waals surface area contributed by atoms with E-state index in [1.807, 2.05) is 0 Å². The Bertz CT molecular complexity index is 961. The summed E-state index contributed by atoms with van der Waals surface area (Å²) in [7, 11) is 0. The average Bonchev–Trinajstić information content (AvgIpc) is 3.37. The van der Waals surface area contributed by atoms with E-state index < -0.39 is 18.2 Å². The van der Waals surface area contributed by atoms with Crippen molar-refractivity contribution in [1.82, 2.24) is 15.0 Å². The Morgan fingerprint density at radius 2 is 2.19 bits per heavy atom. The van der Waals surface area contributed by atoms with Gasteiger partial charge < -0.3 is 18.9 Å². The number of benzene rings is 1. The zero-order valence-corrected chi connectivity index (χ0v) is 14.0. The van der Waals surface area contributed by atoms with E-state index >= 15 is 0 Å². The molecule has 0 radical (unpaired) electrons. The van der Waals surface area contributed by atoms with Crippen molar-refractivity contribution in [2.45, 2.75) is 18.7 Å². The second-order valence-electron chi connectivity index (χ2n) is 6.29. The summed E-state index contributed by atoms with van der Waals surface area (Å²) in [6, 6.07) is 7.58. The van der Waals surface area contributed by atoms with Crippen LogP contribution in [-0.2, 0) is 6.42 Å². The molecule has 7 nitrogen and oxygen atoms in total. The van der Waals surface area contributed by atoms with Crippen molar-refractivity contribution in [3.05, 3.63) is 59.8 Å². The lowest BCUT2D eigenvalue weighted by atomic mass is 10.1. The Hall–Kier alpha value is -3.07. The monoisotopic (exact) mass is 375 g/mol. The van der Waals surface area contributed by atoms with Crippen LogP contribution in [0.5, 0.6) is 0 Å². The van der Waals surface area contributed by atoms with Crippen LogP contribution in [0.1, 0.15) is 22.1 Å². The maximum Gasteiger partial charge on any atom is 0.276 e. The molecule has 0 saturated carbocycles. The predicted octanol–water partition coefficient (Wildman–Crippen LogP) is 2.21. The fourth-order valence-corrected chi connectivity index (χ4v) is 2.89. The molecule has 0 bridgehead atoms. The Morgan fingerprint density at radius 1 is 1.33 bits per heavy atom. The highest BCUT2D eigenvalue weighted by Crippen LogP contribution is 2.22. The molecule has 1 aliphatic heterocycles. The number of aliphatic hydroxyl groups excluding tert-OH is 1. The lowest BCUT2D eigenvalue weighted by molar-refractivity contribution is 0.0758. The first-order valence-electron chi connectivity index (χ1n) is 8.27. The minimum absolute atomic E-state index is 0.0242. The van der Waals surface area contributed by atoms with Crippen LogP contribution in [-0.4, -0.2) is 51.4 Å². The molecule has 27 heavy (non-hydrogen) atoms. The van der Waals surface area contributed by atoms with Crippen molar-refractivity contribution < 1.29 is 27.6 Å². The lowest BCUT2D eigenvalue weighted by Gasteiger charge is -2.12. The molecule has 2 atom stereocenters. The zero-order chi connectivity index (χ0) is 19.0. The summed E-state index contributed by atoms with van der Waals surface area (Å²) in [6.07, 6.45) is -1.32. The summed E-state index contributed by atoms with van der Waals surface area (Å²) in [4.78, 5) is 17.6. The van der Waals surface area contributed by atoms with Gasteiger partial charge >= 0.3 is 0 Å². The molecule has 1 amide bonds. The summed E-state index contributed by atoms with van der Waals surface area (Å²) >= 11 is 0. The normalized spacial score (nSPS) is 19.6. The number of carbonyl (C=O) groups is 1. The Labute approximate surface area is 152 Å². The number of hydrogen-bond acceptors (Lipinski definition) is 6. The van der Waals surface area contributed by atoms with Crippen LogP contribution in [0, 0.1) is 5.82 Å². The van der Waals surface area contributed by atoms with Crippen molar-refractivity contribution in [3.63, 3.8) is 0 Å². The summed E-state index contributed by atoms with van der Waals surface area (Å²) in [5, 5.41) is 13.3. The molecule has 1 N–H and O–H groups in total. The molecule has 140 valence electrons. The van der Waals surface area contributed by atoms with Crippen LogP contribution < -0.4 is 0 Å². The van der Waals surface area contributed by atoms with Gasteiger partial charge in [0.1, 0.15) is 35.8 Å². The molecule has 1 aromatic carbocycles. The number of rotatable bonds is 4. The van der Waals surface area contributed by atoms with Crippen LogP contribution in [0.15, 0.2) is 45.5 Å². The van der Waals surface area contributed by atoms with Crippen LogP contribution in [0.4, 0.5) is 8.78 Å². The van der Waals surface area contributed by atoms with Crippen molar-refractivity contribution >= 4 is 5.91 Å². The maximum atomic E-state index is 13.4. The summed E-state index contributed by atoms with van der Waals surface area (Å²) in [5.41, 5.74) is 1.06. The van der Waals surface area contributed by atoms with Gasteiger partial charge in [0.05, 0.1) is 19.5 Å². The van der Waals surface area contributed by atoms with Gasteiger partial charge in [-0.2, -0.15) is 0 Å². The van der Waals surface area contributed by atoms with E-state index in [1.54, 1.807) is 18.2 Å².